The number of aliphatic hydroxyl groups excluding tert-OH is 1. The lowest BCUT2D eigenvalue weighted by molar-refractivity contribution is -0.129. The van der Waals surface area contributed by atoms with Gasteiger partial charge in [0.2, 0.25) is 5.78 Å². The van der Waals surface area contributed by atoms with Crippen LogP contribution in [-0.2, 0) is 4.79 Å². The number of rotatable bonds is 8. The molecule has 8 nitrogen and oxygen atoms in total. The molecule has 0 spiro atoms. The van der Waals surface area contributed by atoms with Gasteiger partial charge in [-0.1, -0.05) is 12.1 Å². The summed E-state index contributed by atoms with van der Waals surface area (Å²) < 4.78 is 11.1. The summed E-state index contributed by atoms with van der Waals surface area (Å²) in [6, 6.07) is 4.56. The molecule has 1 aromatic heterocycles. The number of para-hydroxylation sites is 1. The molecule has 33 heavy (non-hydrogen) atoms. The van der Waals surface area contributed by atoms with E-state index in [1.807, 2.05) is 6.92 Å². The van der Waals surface area contributed by atoms with Crippen molar-refractivity contribution in [1.82, 2.24) is 14.8 Å². The zero-order chi connectivity index (χ0) is 23.7. The molecular formula is C24H29N3O5S. The van der Waals surface area contributed by atoms with Crippen LogP contribution in [0.5, 0.6) is 11.5 Å². The molecule has 2 aromatic rings. The van der Waals surface area contributed by atoms with E-state index in [0.29, 0.717) is 40.7 Å². The normalized spacial score (nSPS) is 19.0. The van der Waals surface area contributed by atoms with Gasteiger partial charge in [-0.2, -0.15) is 0 Å². The number of likely N-dealkylation sites (tertiary alicyclic amines) is 1. The maximum Gasteiger partial charge on any atom is 0.290 e. The van der Waals surface area contributed by atoms with Gasteiger partial charge in [-0.25, -0.2) is 4.98 Å². The number of Topliss-reactive ketones (excluding diaryl/α,β-unsaturated/α-hetero) is 1. The van der Waals surface area contributed by atoms with Gasteiger partial charge in [0, 0.05) is 18.7 Å². The van der Waals surface area contributed by atoms with Gasteiger partial charge in [-0.05, 0) is 45.8 Å². The van der Waals surface area contributed by atoms with Gasteiger partial charge >= 0.3 is 0 Å². The fourth-order valence-electron chi connectivity index (χ4n) is 4.69. The number of hydrogen-bond acceptors (Lipinski definition) is 8. The molecular weight excluding hydrogens is 442 g/mol. The summed E-state index contributed by atoms with van der Waals surface area (Å²) >= 11 is 1.26. The zero-order valence-corrected chi connectivity index (χ0v) is 20.2. The predicted octanol–water partition coefficient (Wildman–Crippen LogP) is 3.45. The monoisotopic (exact) mass is 471 g/mol. The number of aryl methyl sites for hydroxylation is 2. The Balaban J connectivity index is 1.80. The fourth-order valence-corrected chi connectivity index (χ4v) is 5.56. The van der Waals surface area contributed by atoms with E-state index in [0.717, 1.165) is 30.9 Å². The lowest BCUT2D eigenvalue weighted by Crippen LogP contribution is -2.38. The molecule has 0 bridgehead atoms. The summed E-state index contributed by atoms with van der Waals surface area (Å²) in [6.45, 7) is 6.61. The summed E-state index contributed by atoms with van der Waals surface area (Å²) in [7, 11) is 3.06. The average molecular weight is 472 g/mol. The Morgan fingerprint density at radius 2 is 1.91 bits per heavy atom. The number of ether oxygens (including phenoxy) is 2. The molecule has 3 heterocycles. The molecule has 1 amide bonds. The zero-order valence-electron chi connectivity index (χ0n) is 19.4. The van der Waals surface area contributed by atoms with E-state index in [9.17, 15) is 14.7 Å². The van der Waals surface area contributed by atoms with Gasteiger partial charge in [0.15, 0.2) is 17.3 Å². The largest absolute Gasteiger partial charge is 0.503 e. The number of carbonyl (C=O) groups is 2. The van der Waals surface area contributed by atoms with Crippen molar-refractivity contribution in [1.29, 1.82) is 0 Å². The molecule has 2 aliphatic rings. The van der Waals surface area contributed by atoms with Crippen molar-refractivity contribution in [2.75, 3.05) is 40.4 Å². The van der Waals surface area contributed by atoms with Crippen LogP contribution in [0.15, 0.2) is 29.5 Å². The molecule has 9 heteroatoms. The summed E-state index contributed by atoms with van der Waals surface area (Å²) in [5.41, 5.74) is 1.24. The lowest BCUT2D eigenvalue weighted by Gasteiger charge is -2.29. The van der Waals surface area contributed by atoms with Crippen molar-refractivity contribution in [2.24, 2.45) is 0 Å². The highest BCUT2D eigenvalue weighted by Crippen LogP contribution is 2.45. The van der Waals surface area contributed by atoms with Gasteiger partial charge in [-0.15, -0.1) is 11.3 Å². The van der Waals surface area contributed by atoms with Crippen molar-refractivity contribution < 1.29 is 24.2 Å². The first-order valence-corrected chi connectivity index (χ1v) is 11.8. The van der Waals surface area contributed by atoms with Crippen molar-refractivity contribution in [3.63, 3.8) is 0 Å². The average Bonchev–Trinajstić information content (AvgIpc) is 3.50. The number of hydrogen-bond donors (Lipinski definition) is 1. The molecule has 0 saturated carbocycles. The van der Waals surface area contributed by atoms with E-state index < -0.39 is 17.7 Å². The van der Waals surface area contributed by atoms with E-state index in [1.54, 1.807) is 30.0 Å². The van der Waals surface area contributed by atoms with Crippen molar-refractivity contribution >= 4 is 23.0 Å². The number of benzene rings is 1. The predicted molar refractivity (Wildman–Crippen MR) is 125 cm³/mol. The van der Waals surface area contributed by atoms with Crippen LogP contribution in [0.25, 0.3) is 0 Å². The van der Waals surface area contributed by atoms with Crippen LogP contribution in [0.3, 0.4) is 0 Å². The van der Waals surface area contributed by atoms with E-state index >= 15 is 0 Å². The molecule has 1 N–H and O–H groups in total. The highest BCUT2D eigenvalue weighted by atomic mass is 32.1. The second kappa shape index (κ2) is 9.52. The molecule has 2 aliphatic heterocycles. The second-order valence-electron chi connectivity index (χ2n) is 8.27. The minimum Gasteiger partial charge on any atom is -0.503 e. The highest BCUT2D eigenvalue weighted by Gasteiger charge is 2.45. The summed E-state index contributed by atoms with van der Waals surface area (Å²) in [5.74, 6) is -0.526. The molecule has 1 unspecified atom stereocenters. The molecule has 1 fully saturated rings. The first kappa shape index (κ1) is 23.3. The number of nitrogens with zero attached hydrogens (tertiary/aromatic N) is 3. The second-order valence-corrected chi connectivity index (χ2v) is 9.47. The van der Waals surface area contributed by atoms with Crippen LogP contribution < -0.4 is 9.47 Å². The number of aromatic nitrogens is 1. The first-order valence-electron chi connectivity index (χ1n) is 11.0. The van der Waals surface area contributed by atoms with E-state index in [-0.39, 0.29) is 11.4 Å². The van der Waals surface area contributed by atoms with Crippen LogP contribution in [-0.4, -0.2) is 72.0 Å². The van der Waals surface area contributed by atoms with Crippen molar-refractivity contribution in [2.45, 2.75) is 32.7 Å². The van der Waals surface area contributed by atoms with Crippen LogP contribution in [0.1, 0.15) is 44.8 Å². The Hall–Kier alpha value is -2.91. The number of methoxy groups -OCH3 is 2. The first-order chi connectivity index (χ1) is 15.9. The number of amides is 1. The molecule has 1 atom stereocenters. The Bertz CT molecular complexity index is 1100. The molecule has 0 aliphatic carbocycles. The Kier molecular flexibility index (Phi) is 6.71. The fraction of sp³-hybridized carbons (Fsp3) is 0.458. The Labute approximate surface area is 197 Å². The third-order valence-electron chi connectivity index (χ3n) is 6.24. The number of ketones is 1. The van der Waals surface area contributed by atoms with Crippen molar-refractivity contribution in [3.05, 3.63) is 50.7 Å². The van der Waals surface area contributed by atoms with Gasteiger partial charge in [0.25, 0.3) is 5.91 Å². The van der Waals surface area contributed by atoms with E-state index in [4.69, 9.17) is 9.47 Å². The van der Waals surface area contributed by atoms with Gasteiger partial charge in [-0.3, -0.25) is 9.59 Å². The molecule has 0 radical (unpaired) electrons. The number of thiazole rings is 1. The molecule has 176 valence electrons. The molecule has 4 rings (SSSR count). The lowest BCUT2D eigenvalue weighted by atomic mass is 9.94. The highest BCUT2D eigenvalue weighted by molar-refractivity contribution is 7.14. The SMILES string of the molecule is COc1cccc(C2C(C(=O)c3sc(C)nc3C)=C(O)C(=O)N2CCN2CCCC2)c1OC. The minimum atomic E-state index is -0.792. The Morgan fingerprint density at radius 3 is 2.52 bits per heavy atom. The maximum atomic E-state index is 13.7. The van der Waals surface area contributed by atoms with E-state index in [1.165, 1.54) is 25.6 Å². The minimum absolute atomic E-state index is 0.0553. The van der Waals surface area contributed by atoms with Crippen LogP contribution in [0.2, 0.25) is 0 Å². The van der Waals surface area contributed by atoms with Gasteiger partial charge in [0.1, 0.15) is 0 Å². The third kappa shape index (κ3) is 4.22. The van der Waals surface area contributed by atoms with Crippen molar-refractivity contribution in [3.8, 4) is 11.5 Å². The topological polar surface area (TPSA) is 92.2 Å². The third-order valence-corrected chi connectivity index (χ3v) is 7.31. The summed E-state index contributed by atoms with van der Waals surface area (Å²) in [4.78, 5) is 35.6. The summed E-state index contributed by atoms with van der Waals surface area (Å²) in [6.07, 6.45) is 2.27. The smallest absolute Gasteiger partial charge is 0.290 e. The number of aliphatic hydroxyl groups is 1. The van der Waals surface area contributed by atoms with Gasteiger partial charge < -0.3 is 24.4 Å². The standard InChI is InChI=1S/C24H29N3O5S/c1-14-23(33-15(2)25-14)20(28)18-19(16-8-7-9-17(31-3)22(16)32-4)27(24(30)21(18)29)13-12-26-10-5-6-11-26/h7-9,19,29H,5-6,10-13H2,1-4H3. The molecule has 1 aromatic carbocycles. The Morgan fingerprint density at radius 1 is 1.18 bits per heavy atom. The van der Waals surface area contributed by atoms with Crippen LogP contribution >= 0.6 is 11.3 Å². The van der Waals surface area contributed by atoms with Crippen LogP contribution in [0, 0.1) is 13.8 Å². The number of carbonyl (C=O) groups excluding carboxylic acids is 2. The van der Waals surface area contributed by atoms with Gasteiger partial charge in [0.05, 0.1) is 41.4 Å². The van der Waals surface area contributed by atoms with E-state index in [2.05, 4.69) is 9.88 Å². The quantitative estimate of drug-likeness (QED) is 0.590. The molecule has 1 saturated heterocycles. The summed E-state index contributed by atoms with van der Waals surface area (Å²) in [5, 5.41) is 11.7. The van der Waals surface area contributed by atoms with Crippen LogP contribution in [0.4, 0.5) is 0 Å². The maximum absolute atomic E-state index is 13.7.